The van der Waals surface area contributed by atoms with Gasteiger partial charge in [0, 0.05) is 18.3 Å². The van der Waals surface area contributed by atoms with E-state index in [-0.39, 0.29) is 11.9 Å². The summed E-state index contributed by atoms with van der Waals surface area (Å²) in [6, 6.07) is 0.191. The van der Waals surface area contributed by atoms with Crippen LogP contribution in [0.3, 0.4) is 0 Å². The first kappa shape index (κ1) is 12.0. The predicted molar refractivity (Wildman–Crippen MR) is 66.6 cm³/mol. The molecule has 0 unspecified atom stereocenters. The molecule has 3 N–H and O–H groups in total. The van der Waals surface area contributed by atoms with E-state index in [0.29, 0.717) is 17.3 Å². The summed E-state index contributed by atoms with van der Waals surface area (Å²) in [7, 11) is 0. The Kier molecular flexibility index (Phi) is 3.09. The molecule has 17 heavy (non-hydrogen) atoms. The van der Waals surface area contributed by atoms with Crippen LogP contribution in [0.4, 0.5) is 5.82 Å². The highest BCUT2D eigenvalue weighted by Gasteiger charge is 2.30. The highest BCUT2D eigenvalue weighted by molar-refractivity contribution is 5.99. The Hall–Kier alpha value is -1.52. The monoisotopic (exact) mass is 236 g/mol. The van der Waals surface area contributed by atoms with Crippen LogP contribution in [-0.4, -0.2) is 33.6 Å². The van der Waals surface area contributed by atoms with E-state index in [1.807, 2.05) is 25.7 Å². The van der Waals surface area contributed by atoms with Crippen molar-refractivity contribution < 1.29 is 4.79 Å². The van der Waals surface area contributed by atoms with Gasteiger partial charge in [0.15, 0.2) is 5.82 Å². The van der Waals surface area contributed by atoms with E-state index < -0.39 is 0 Å². The van der Waals surface area contributed by atoms with Crippen LogP contribution in [0.15, 0.2) is 0 Å². The topological polar surface area (TPSA) is 75.0 Å². The Balaban J connectivity index is 2.20. The summed E-state index contributed by atoms with van der Waals surface area (Å²) in [5.74, 6) is 0.972. The molecule has 94 valence electrons. The first-order chi connectivity index (χ1) is 8.00. The molecule has 1 aromatic heterocycles. The van der Waals surface area contributed by atoms with E-state index in [1.165, 1.54) is 12.8 Å². The lowest BCUT2D eigenvalue weighted by atomic mass is 10.1. The van der Waals surface area contributed by atoms with Crippen LogP contribution in [0, 0.1) is 12.8 Å². The van der Waals surface area contributed by atoms with Gasteiger partial charge in [0.2, 0.25) is 0 Å². The third-order valence-corrected chi connectivity index (χ3v) is 3.23. The summed E-state index contributed by atoms with van der Waals surface area (Å²) >= 11 is 0. The first-order valence-corrected chi connectivity index (χ1v) is 6.12. The maximum Gasteiger partial charge on any atom is 0.259 e. The van der Waals surface area contributed by atoms with Crippen molar-refractivity contribution in [3.8, 4) is 0 Å². The number of nitrogen functional groups attached to an aromatic ring is 1. The minimum absolute atomic E-state index is 0.00403. The molecule has 0 aliphatic heterocycles. The summed E-state index contributed by atoms with van der Waals surface area (Å²) in [5, 5.41) is 6.64. The number of nitrogens with two attached hydrogens (primary N) is 1. The van der Waals surface area contributed by atoms with Crippen molar-refractivity contribution in [3.63, 3.8) is 0 Å². The van der Waals surface area contributed by atoms with E-state index in [9.17, 15) is 4.79 Å². The van der Waals surface area contributed by atoms with Gasteiger partial charge in [-0.1, -0.05) is 0 Å². The van der Waals surface area contributed by atoms with Crippen molar-refractivity contribution in [2.45, 2.75) is 39.7 Å². The van der Waals surface area contributed by atoms with Crippen LogP contribution >= 0.6 is 0 Å². The van der Waals surface area contributed by atoms with Gasteiger partial charge in [-0.2, -0.15) is 5.10 Å². The van der Waals surface area contributed by atoms with E-state index in [1.54, 1.807) is 0 Å². The van der Waals surface area contributed by atoms with Crippen molar-refractivity contribution in [1.29, 1.82) is 0 Å². The van der Waals surface area contributed by atoms with Gasteiger partial charge >= 0.3 is 0 Å². The Morgan fingerprint density at radius 3 is 2.65 bits per heavy atom. The molecular formula is C12H20N4O. The number of carbonyl (C=O) groups is 1. The van der Waals surface area contributed by atoms with Crippen LogP contribution in [0.1, 0.15) is 42.7 Å². The molecule has 5 nitrogen and oxygen atoms in total. The SMILES string of the molecule is Cc1[nH]nc(N)c1C(=O)N(CC1CC1)C(C)C. The number of hydrogen-bond donors (Lipinski definition) is 2. The van der Waals surface area contributed by atoms with Crippen molar-refractivity contribution >= 4 is 11.7 Å². The predicted octanol–water partition coefficient (Wildman–Crippen LogP) is 1.56. The standard InChI is InChI=1S/C12H20N4O/c1-7(2)16(6-9-4-5-9)12(17)10-8(3)14-15-11(10)13/h7,9H,4-6H2,1-3H3,(H3,13,14,15). The van der Waals surface area contributed by atoms with E-state index in [4.69, 9.17) is 5.73 Å². The number of anilines is 1. The lowest BCUT2D eigenvalue weighted by Crippen LogP contribution is -2.39. The first-order valence-electron chi connectivity index (χ1n) is 6.12. The summed E-state index contributed by atoms with van der Waals surface area (Å²) in [6.45, 7) is 6.73. The molecule has 1 heterocycles. The number of H-pyrrole nitrogens is 1. The Morgan fingerprint density at radius 1 is 1.59 bits per heavy atom. The lowest BCUT2D eigenvalue weighted by Gasteiger charge is -2.26. The number of amides is 1. The normalized spacial score (nSPS) is 15.3. The zero-order valence-electron chi connectivity index (χ0n) is 10.7. The molecule has 0 spiro atoms. The van der Waals surface area contributed by atoms with E-state index >= 15 is 0 Å². The highest BCUT2D eigenvalue weighted by atomic mass is 16.2. The second kappa shape index (κ2) is 4.39. The smallest absolute Gasteiger partial charge is 0.259 e. The maximum atomic E-state index is 12.4. The fourth-order valence-corrected chi connectivity index (χ4v) is 1.97. The molecule has 1 amide bonds. The molecule has 1 saturated carbocycles. The molecule has 1 aliphatic carbocycles. The molecule has 1 aromatic rings. The number of nitrogens with zero attached hydrogens (tertiary/aromatic N) is 2. The Bertz CT molecular complexity index is 401. The lowest BCUT2D eigenvalue weighted by molar-refractivity contribution is 0.0696. The van der Waals surface area contributed by atoms with Gasteiger partial charge < -0.3 is 10.6 Å². The van der Waals surface area contributed by atoms with Gasteiger partial charge in [-0.25, -0.2) is 0 Å². The highest BCUT2D eigenvalue weighted by Crippen LogP contribution is 2.31. The van der Waals surface area contributed by atoms with Crippen molar-refractivity contribution in [3.05, 3.63) is 11.3 Å². The molecule has 0 radical (unpaired) electrons. The van der Waals surface area contributed by atoms with Gasteiger partial charge in [0.1, 0.15) is 5.56 Å². The molecule has 5 heteroatoms. The Morgan fingerprint density at radius 2 is 2.24 bits per heavy atom. The number of aryl methyl sites for hydroxylation is 1. The molecule has 0 aromatic carbocycles. The number of rotatable bonds is 4. The fraction of sp³-hybridized carbons (Fsp3) is 0.667. The molecule has 1 fully saturated rings. The van der Waals surface area contributed by atoms with Gasteiger partial charge in [-0.3, -0.25) is 9.89 Å². The van der Waals surface area contributed by atoms with Crippen LogP contribution < -0.4 is 5.73 Å². The van der Waals surface area contributed by atoms with E-state index in [0.717, 1.165) is 12.2 Å². The summed E-state index contributed by atoms with van der Waals surface area (Å²) < 4.78 is 0. The third-order valence-electron chi connectivity index (χ3n) is 3.23. The quantitative estimate of drug-likeness (QED) is 0.833. The number of hydrogen-bond acceptors (Lipinski definition) is 3. The summed E-state index contributed by atoms with van der Waals surface area (Å²) in [6.07, 6.45) is 2.46. The zero-order valence-corrected chi connectivity index (χ0v) is 10.7. The van der Waals surface area contributed by atoms with Gasteiger partial charge in [0.25, 0.3) is 5.91 Å². The van der Waals surface area contributed by atoms with Crippen LogP contribution in [-0.2, 0) is 0 Å². The van der Waals surface area contributed by atoms with E-state index in [2.05, 4.69) is 10.2 Å². The Labute approximate surface area is 101 Å². The molecular weight excluding hydrogens is 216 g/mol. The molecule has 0 saturated heterocycles. The number of aromatic amines is 1. The van der Waals surface area contributed by atoms with Crippen LogP contribution in [0.2, 0.25) is 0 Å². The van der Waals surface area contributed by atoms with Crippen molar-refractivity contribution in [1.82, 2.24) is 15.1 Å². The molecule has 0 bridgehead atoms. The van der Waals surface area contributed by atoms with Gasteiger partial charge in [-0.05, 0) is 39.5 Å². The maximum absolute atomic E-state index is 12.4. The molecule has 1 aliphatic rings. The van der Waals surface area contributed by atoms with Gasteiger partial charge in [0.05, 0.1) is 0 Å². The fourth-order valence-electron chi connectivity index (χ4n) is 1.97. The van der Waals surface area contributed by atoms with Crippen LogP contribution in [0.25, 0.3) is 0 Å². The van der Waals surface area contributed by atoms with Crippen LogP contribution in [0.5, 0.6) is 0 Å². The minimum Gasteiger partial charge on any atom is -0.382 e. The third kappa shape index (κ3) is 2.43. The summed E-state index contributed by atoms with van der Waals surface area (Å²) in [4.78, 5) is 14.3. The molecule has 2 rings (SSSR count). The number of nitrogens with one attached hydrogen (secondary N) is 1. The largest absolute Gasteiger partial charge is 0.382 e. The van der Waals surface area contributed by atoms with Gasteiger partial charge in [-0.15, -0.1) is 0 Å². The summed E-state index contributed by atoms with van der Waals surface area (Å²) in [5.41, 5.74) is 7.01. The molecule has 0 atom stereocenters. The second-order valence-corrected chi connectivity index (χ2v) is 5.10. The van der Waals surface area contributed by atoms with Crippen molar-refractivity contribution in [2.24, 2.45) is 5.92 Å². The average molecular weight is 236 g/mol. The number of aromatic nitrogens is 2. The zero-order chi connectivity index (χ0) is 12.6. The minimum atomic E-state index is -0.00403. The average Bonchev–Trinajstić information content (AvgIpc) is 3.01. The number of carbonyl (C=O) groups excluding carboxylic acids is 1. The van der Waals surface area contributed by atoms with Crippen molar-refractivity contribution in [2.75, 3.05) is 12.3 Å². The second-order valence-electron chi connectivity index (χ2n) is 5.10.